The Labute approximate surface area is 78.7 Å². The molecule has 0 bridgehead atoms. The van der Waals surface area contributed by atoms with Crippen molar-refractivity contribution in [2.24, 2.45) is 7.05 Å². The predicted molar refractivity (Wildman–Crippen MR) is 46.1 cm³/mol. The minimum Gasteiger partial charge on any atom is -0.490 e. The summed E-state index contributed by atoms with van der Waals surface area (Å²) in [5, 5.41) is 3.73. The van der Waals surface area contributed by atoms with Gasteiger partial charge in [0.25, 0.3) is 0 Å². The lowest BCUT2D eigenvalue weighted by Gasteiger charge is -2.04. The summed E-state index contributed by atoms with van der Waals surface area (Å²) in [6.45, 7) is 0. The lowest BCUT2D eigenvalue weighted by Crippen LogP contribution is -2.21. The van der Waals surface area contributed by atoms with Gasteiger partial charge in [0.15, 0.2) is 5.15 Å². The molecule has 0 unspecified atom stereocenters. The van der Waals surface area contributed by atoms with Crippen LogP contribution in [0.1, 0.15) is 0 Å². The lowest BCUT2D eigenvalue weighted by atomic mass is 10.5. The zero-order valence-corrected chi connectivity index (χ0v) is 7.98. The molecule has 0 saturated carbocycles. The van der Waals surface area contributed by atoms with Crippen molar-refractivity contribution in [3.63, 3.8) is 0 Å². The molecule has 0 aliphatic heterocycles. The van der Waals surface area contributed by atoms with Crippen LogP contribution in [0.2, 0.25) is 10.2 Å². The zero-order chi connectivity index (χ0) is 9.30. The number of aromatic nitrogens is 2. The highest BCUT2D eigenvalue weighted by molar-refractivity contribution is 6.42. The van der Waals surface area contributed by atoms with Gasteiger partial charge in [-0.25, -0.2) is 4.68 Å². The lowest BCUT2D eigenvalue weighted by molar-refractivity contribution is 0.401. The van der Waals surface area contributed by atoms with Crippen molar-refractivity contribution in [3.8, 4) is 5.75 Å². The van der Waals surface area contributed by atoms with Crippen molar-refractivity contribution in [2.75, 3.05) is 7.11 Å². The molecule has 6 heteroatoms. The Hall–Kier alpha value is -0.740. The fraction of sp³-hybridized carbons (Fsp3) is 0.333. The van der Waals surface area contributed by atoms with E-state index in [0.29, 0.717) is 0 Å². The highest BCUT2D eigenvalue weighted by Gasteiger charge is 2.12. The molecule has 1 rings (SSSR count). The van der Waals surface area contributed by atoms with Crippen molar-refractivity contribution >= 4 is 23.2 Å². The Morgan fingerprint density at radius 2 is 2.08 bits per heavy atom. The minimum atomic E-state index is -0.410. The van der Waals surface area contributed by atoms with Crippen LogP contribution in [0.4, 0.5) is 0 Å². The van der Waals surface area contributed by atoms with Gasteiger partial charge in [-0.1, -0.05) is 23.2 Å². The molecule has 0 atom stereocenters. The number of hydrogen-bond donors (Lipinski definition) is 0. The quantitative estimate of drug-likeness (QED) is 0.695. The zero-order valence-electron chi connectivity index (χ0n) is 6.47. The second kappa shape index (κ2) is 3.33. The van der Waals surface area contributed by atoms with Crippen LogP contribution in [0.15, 0.2) is 4.79 Å². The van der Waals surface area contributed by atoms with Gasteiger partial charge in [0.05, 0.1) is 7.11 Å². The summed E-state index contributed by atoms with van der Waals surface area (Å²) in [4.78, 5) is 11.2. The van der Waals surface area contributed by atoms with Crippen LogP contribution in [0.25, 0.3) is 0 Å². The third kappa shape index (κ3) is 1.40. The second-order valence-corrected chi connectivity index (χ2v) is 2.80. The third-order valence-electron chi connectivity index (χ3n) is 1.31. The first-order chi connectivity index (χ1) is 5.57. The van der Waals surface area contributed by atoms with Crippen molar-refractivity contribution in [1.82, 2.24) is 9.78 Å². The second-order valence-electron chi connectivity index (χ2n) is 2.07. The van der Waals surface area contributed by atoms with Crippen LogP contribution in [0, 0.1) is 0 Å². The van der Waals surface area contributed by atoms with Gasteiger partial charge in [0.2, 0.25) is 5.75 Å². The number of halogens is 2. The van der Waals surface area contributed by atoms with Gasteiger partial charge in [-0.3, -0.25) is 4.79 Å². The average molecular weight is 209 g/mol. The van der Waals surface area contributed by atoms with Crippen LogP contribution in [-0.2, 0) is 7.05 Å². The summed E-state index contributed by atoms with van der Waals surface area (Å²) in [5.41, 5.74) is -0.410. The Kier molecular flexibility index (Phi) is 2.59. The summed E-state index contributed by atoms with van der Waals surface area (Å²) in [6.07, 6.45) is 0. The number of nitrogens with zero attached hydrogens (tertiary/aromatic N) is 2. The van der Waals surface area contributed by atoms with Crippen LogP contribution >= 0.6 is 23.2 Å². The van der Waals surface area contributed by atoms with Gasteiger partial charge in [-0.15, -0.1) is 0 Å². The van der Waals surface area contributed by atoms with E-state index in [-0.39, 0.29) is 15.9 Å². The summed E-state index contributed by atoms with van der Waals surface area (Å²) >= 11 is 11.2. The topological polar surface area (TPSA) is 44.1 Å². The molecule has 0 fully saturated rings. The van der Waals surface area contributed by atoms with E-state index in [1.54, 1.807) is 0 Å². The van der Waals surface area contributed by atoms with E-state index in [9.17, 15) is 4.79 Å². The van der Waals surface area contributed by atoms with Crippen LogP contribution in [0.3, 0.4) is 0 Å². The van der Waals surface area contributed by atoms with Crippen LogP contribution in [0.5, 0.6) is 5.75 Å². The largest absolute Gasteiger partial charge is 0.490 e. The molecular formula is C6H6Cl2N2O2. The van der Waals surface area contributed by atoms with E-state index in [1.807, 2.05) is 0 Å². The van der Waals surface area contributed by atoms with Crippen molar-refractivity contribution in [2.45, 2.75) is 0 Å². The summed E-state index contributed by atoms with van der Waals surface area (Å²) in [7, 11) is 2.81. The summed E-state index contributed by atoms with van der Waals surface area (Å²) in [5.74, 6) is 0.0131. The maximum atomic E-state index is 11.2. The van der Waals surface area contributed by atoms with E-state index in [1.165, 1.54) is 14.2 Å². The molecule has 1 aromatic rings. The summed E-state index contributed by atoms with van der Waals surface area (Å²) < 4.78 is 5.81. The molecule has 12 heavy (non-hydrogen) atoms. The molecular weight excluding hydrogens is 203 g/mol. The molecule has 4 nitrogen and oxygen atoms in total. The van der Waals surface area contributed by atoms with Gasteiger partial charge >= 0.3 is 5.56 Å². The average Bonchev–Trinajstić information content (AvgIpc) is 2.02. The molecule has 0 N–H and O–H groups in total. The maximum Gasteiger partial charge on any atom is 0.310 e. The van der Waals surface area contributed by atoms with Crippen molar-refractivity contribution in [1.29, 1.82) is 0 Å². The monoisotopic (exact) mass is 208 g/mol. The molecule has 1 heterocycles. The Morgan fingerprint density at radius 1 is 1.50 bits per heavy atom. The van der Waals surface area contributed by atoms with Gasteiger partial charge < -0.3 is 4.74 Å². The van der Waals surface area contributed by atoms with Crippen molar-refractivity contribution in [3.05, 3.63) is 20.5 Å². The van der Waals surface area contributed by atoms with E-state index < -0.39 is 5.56 Å². The molecule has 1 aromatic heterocycles. The number of aryl methyl sites for hydroxylation is 1. The molecule has 66 valence electrons. The molecule has 0 radical (unpaired) electrons. The van der Waals surface area contributed by atoms with Gasteiger partial charge in [-0.05, 0) is 0 Å². The first-order valence-corrected chi connectivity index (χ1v) is 3.79. The molecule has 0 aliphatic rings. The standard InChI is InChI=1S/C6H6Cl2N2O2/c1-10-6(11)4(12-2)3(7)5(8)9-10/h1-2H3. The van der Waals surface area contributed by atoms with E-state index in [0.717, 1.165) is 4.68 Å². The highest BCUT2D eigenvalue weighted by atomic mass is 35.5. The number of hydrogen-bond acceptors (Lipinski definition) is 3. The van der Waals surface area contributed by atoms with Gasteiger partial charge in [0.1, 0.15) is 5.02 Å². The summed E-state index contributed by atoms with van der Waals surface area (Å²) in [6, 6.07) is 0. The Balaban J connectivity index is 3.53. The first kappa shape index (κ1) is 9.35. The van der Waals surface area contributed by atoms with Crippen molar-refractivity contribution < 1.29 is 4.74 Å². The van der Waals surface area contributed by atoms with E-state index in [2.05, 4.69) is 5.10 Å². The maximum absolute atomic E-state index is 11.2. The van der Waals surface area contributed by atoms with E-state index in [4.69, 9.17) is 27.9 Å². The smallest absolute Gasteiger partial charge is 0.310 e. The van der Waals surface area contributed by atoms with Crippen LogP contribution in [-0.4, -0.2) is 16.9 Å². The molecule has 0 amide bonds. The first-order valence-electron chi connectivity index (χ1n) is 3.04. The fourth-order valence-electron chi connectivity index (χ4n) is 0.732. The van der Waals surface area contributed by atoms with Gasteiger partial charge in [0, 0.05) is 7.05 Å². The third-order valence-corrected chi connectivity index (χ3v) is 2.02. The SMILES string of the molecule is COc1c(Cl)c(Cl)nn(C)c1=O. The number of rotatable bonds is 1. The fourth-order valence-corrected chi connectivity index (χ4v) is 1.13. The Morgan fingerprint density at radius 3 is 2.58 bits per heavy atom. The molecule has 0 aromatic carbocycles. The highest BCUT2D eigenvalue weighted by Crippen LogP contribution is 2.25. The predicted octanol–water partition coefficient (Wildman–Crippen LogP) is 1.10. The number of ether oxygens (including phenoxy) is 1. The number of methoxy groups -OCH3 is 1. The Bertz CT molecular complexity index is 361. The normalized spacial score (nSPS) is 10.0. The molecule has 0 spiro atoms. The minimum absolute atomic E-state index is 0.0131. The van der Waals surface area contributed by atoms with Crippen LogP contribution < -0.4 is 10.3 Å². The van der Waals surface area contributed by atoms with Gasteiger partial charge in [-0.2, -0.15) is 5.10 Å². The molecule has 0 aliphatic carbocycles. The molecule has 0 saturated heterocycles. The van der Waals surface area contributed by atoms with E-state index >= 15 is 0 Å².